The van der Waals surface area contributed by atoms with Crippen LogP contribution in [0.15, 0.2) is 48.5 Å². The van der Waals surface area contributed by atoms with Gasteiger partial charge in [0.15, 0.2) is 0 Å². The second kappa shape index (κ2) is 7.27. The molecule has 1 aliphatic rings. The lowest BCUT2D eigenvalue weighted by atomic mass is 10.1. The summed E-state index contributed by atoms with van der Waals surface area (Å²) in [6.45, 7) is 3.35. The quantitative estimate of drug-likeness (QED) is 0.860. The van der Waals surface area contributed by atoms with Gasteiger partial charge in [0.05, 0.1) is 5.56 Å². The minimum atomic E-state index is -4.39. The van der Waals surface area contributed by atoms with Crippen molar-refractivity contribution in [3.8, 4) is 0 Å². The van der Waals surface area contributed by atoms with Crippen LogP contribution in [-0.2, 0) is 6.18 Å². The van der Waals surface area contributed by atoms with Gasteiger partial charge in [-0.3, -0.25) is 0 Å². The Kier molecular flexibility index (Phi) is 5.06. The summed E-state index contributed by atoms with van der Waals surface area (Å²) in [5.41, 5.74) is 1.22. The number of hydrogen-bond donors (Lipinski definition) is 1. The molecule has 0 radical (unpaired) electrons. The SMILES string of the molecule is Cc1ccccc1NC(=O)N1CCN(c2ccccc2C(F)(F)F)CC1. The van der Waals surface area contributed by atoms with Crippen LogP contribution in [0.2, 0.25) is 0 Å². The number of nitrogens with zero attached hydrogens (tertiary/aromatic N) is 2. The summed E-state index contributed by atoms with van der Waals surface area (Å²) in [4.78, 5) is 15.7. The molecule has 0 aromatic heterocycles. The number of aryl methyl sites for hydroxylation is 1. The monoisotopic (exact) mass is 363 g/mol. The molecule has 2 amide bonds. The Balaban J connectivity index is 1.65. The number of rotatable bonds is 2. The number of nitrogens with one attached hydrogen (secondary N) is 1. The number of urea groups is 1. The first kappa shape index (κ1) is 18.1. The molecular formula is C19H20F3N3O. The van der Waals surface area contributed by atoms with Crippen LogP contribution < -0.4 is 10.2 Å². The van der Waals surface area contributed by atoms with Gasteiger partial charge in [0.25, 0.3) is 0 Å². The van der Waals surface area contributed by atoms with E-state index in [1.807, 2.05) is 31.2 Å². The standard InChI is InChI=1S/C19H20F3N3O/c1-14-6-2-4-8-16(14)23-18(26)25-12-10-24(11-13-25)17-9-5-3-7-15(17)19(20,21)22/h2-9H,10-13H2,1H3,(H,23,26). The summed E-state index contributed by atoms with van der Waals surface area (Å²) in [6.07, 6.45) is -4.39. The smallest absolute Gasteiger partial charge is 0.367 e. The van der Waals surface area contributed by atoms with Crippen LogP contribution in [0.5, 0.6) is 0 Å². The molecule has 7 heteroatoms. The molecular weight excluding hydrogens is 343 g/mol. The summed E-state index contributed by atoms with van der Waals surface area (Å²) in [5.74, 6) is 0. The maximum atomic E-state index is 13.2. The fourth-order valence-corrected chi connectivity index (χ4v) is 3.05. The van der Waals surface area contributed by atoms with E-state index in [1.165, 1.54) is 12.1 Å². The Morgan fingerprint density at radius 3 is 2.23 bits per heavy atom. The van der Waals surface area contributed by atoms with E-state index in [-0.39, 0.29) is 11.7 Å². The third-order valence-corrected chi connectivity index (χ3v) is 4.50. The van der Waals surface area contributed by atoms with Crippen molar-refractivity contribution < 1.29 is 18.0 Å². The van der Waals surface area contributed by atoms with Crippen LogP contribution in [-0.4, -0.2) is 37.1 Å². The number of hydrogen-bond acceptors (Lipinski definition) is 2. The highest BCUT2D eigenvalue weighted by atomic mass is 19.4. The minimum absolute atomic E-state index is 0.166. The van der Waals surface area contributed by atoms with Crippen LogP contribution in [0, 0.1) is 6.92 Å². The van der Waals surface area contributed by atoms with E-state index in [4.69, 9.17) is 0 Å². The number of carbonyl (C=O) groups is 1. The summed E-state index contributed by atoms with van der Waals surface area (Å²) in [5, 5.41) is 2.86. The lowest BCUT2D eigenvalue weighted by Gasteiger charge is -2.37. The Hall–Kier alpha value is -2.70. The first-order valence-corrected chi connectivity index (χ1v) is 8.39. The molecule has 1 saturated heterocycles. The topological polar surface area (TPSA) is 35.6 Å². The summed E-state index contributed by atoms with van der Waals surface area (Å²) < 4.78 is 39.6. The molecule has 0 spiro atoms. The predicted molar refractivity (Wildman–Crippen MR) is 95.4 cm³/mol. The molecule has 0 saturated carbocycles. The van der Waals surface area contributed by atoms with Crippen molar-refractivity contribution in [1.29, 1.82) is 0 Å². The van der Waals surface area contributed by atoms with Gasteiger partial charge < -0.3 is 15.1 Å². The molecule has 0 unspecified atom stereocenters. The molecule has 1 heterocycles. The van der Waals surface area contributed by atoms with Crippen LogP contribution in [0.25, 0.3) is 0 Å². The highest BCUT2D eigenvalue weighted by Crippen LogP contribution is 2.36. The van der Waals surface area contributed by atoms with E-state index >= 15 is 0 Å². The highest BCUT2D eigenvalue weighted by molar-refractivity contribution is 5.90. The highest BCUT2D eigenvalue weighted by Gasteiger charge is 2.35. The van der Waals surface area contributed by atoms with Crippen molar-refractivity contribution in [1.82, 2.24) is 4.90 Å². The van der Waals surface area contributed by atoms with Gasteiger partial charge in [0, 0.05) is 37.6 Å². The molecule has 4 nitrogen and oxygen atoms in total. The van der Waals surface area contributed by atoms with Crippen LogP contribution in [0.3, 0.4) is 0 Å². The summed E-state index contributed by atoms with van der Waals surface area (Å²) in [7, 11) is 0. The number of benzene rings is 2. The fraction of sp³-hybridized carbons (Fsp3) is 0.316. The molecule has 138 valence electrons. The largest absolute Gasteiger partial charge is 0.418 e. The number of amides is 2. The Bertz CT molecular complexity index is 784. The second-order valence-electron chi connectivity index (χ2n) is 6.23. The van der Waals surface area contributed by atoms with Crippen molar-refractivity contribution in [3.05, 3.63) is 59.7 Å². The van der Waals surface area contributed by atoms with Crippen LogP contribution in [0.1, 0.15) is 11.1 Å². The zero-order valence-electron chi connectivity index (χ0n) is 14.4. The lowest BCUT2D eigenvalue weighted by Crippen LogP contribution is -2.50. The second-order valence-corrected chi connectivity index (χ2v) is 6.23. The molecule has 1 N–H and O–H groups in total. The van der Waals surface area contributed by atoms with E-state index in [0.717, 1.165) is 17.3 Å². The van der Waals surface area contributed by atoms with Crippen molar-refractivity contribution in [3.63, 3.8) is 0 Å². The molecule has 1 fully saturated rings. The maximum Gasteiger partial charge on any atom is 0.418 e. The van der Waals surface area contributed by atoms with Gasteiger partial charge >= 0.3 is 12.2 Å². The lowest BCUT2D eigenvalue weighted by molar-refractivity contribution is -0.137. The first-order chi connectivity index (χ1) is 12.4. The maximum absolute atomic E-state index is 13.2. The normalized spacial score (nSPS) is 15.1. The number of para-hydroxylation sites is 2. The molecule has 0 atom stereocenters. The van der Waals surface area contributed by atoms with E-state index < -0.39 is 11.7 Å². The Labute approximate surface area is 150 Å². The fourth-order valence-electron chi connectivity index (χ4n) is 3.05. The summed E-state index contributed by atoms with van der Waals surface area (Å²) >= 11 is 0. The van der Waals surface area contributed by atoms with E-state index in [2.05, 4.69) is 5.32 Å². The molecule has 3 rings (SSSR count). The first-order valence-electron chi connectivity index (χ1n) is 8.39. The van der Waals surface area contributed by atoms with Gasteiger partial charge in [-0.15, -0.1) is 0 Å². The Morgan fingerprint density at radius 1 is 0.962 bits per heavy atom. The van der Waals surface area contributed by atoms with Gasteiger partial charge in [-0.05, 0) is 30.7 Å². The third-order valence-electron chi connectivity index (χ3n) is 4.50. The average molecular weight is 363 g/mol. The van der Waals surface area contributed by atoms with Crippen molar-refractivity contribution in [2.75, 3.05) is 36.4 Å². The number of anilines is 2. The number of carbonyl (C=O) groups excluding carboxylic acids is 1. The number of piperazine rings is 1. The molecule has 0 aliphatic carbocycles. The van der Waals surface area contributed by atoms with Crippen molar-refractivity contribution in [2.45, 2.75) is 13.1 Å². The van der Waals surface area contributed by atoms with E-state index in [1.54, 1.807) is 15.9 Å². The van der Waals surface area contributed by atoms with Gasteiger partial charge in [-0.1, -0.05) is 30.3 Å². The van der Waals surface area contributed by atoms with Gasteiger partial charge in [0.2, 0.25) is 0 Å². The van der Waals surface area contributed by atoms with Crippen molar-refractivity contribution in [2.24, 2.45) is 0 Å². The predicted octanol–water partition coefficient (Wildman–Crippen LogP) is 4.37. The Morgan fingerprint density at radius 2 is 1.58 bits per heavy atom. The molecule has 2 aromatic rings. The minimum Gasteiger partial charge on any atom is -0.367 e. The van der Waals surface area contributed by atoms with E-state index in [9.17, 15) is 18.0 Å². The molecule has 26 heavy (non-hydrogen) atoms. The molecule has 1 aliphatic heterocycles. The number of alkyl halides is 3. The zero-order chi connectivity index (χ0) is 18.7. The van der Waals surface area contributed by atoms with Crippen LogP contribution in [0.4, 0.5) is 29.3 Å². The van der Waals surface area contributed by atoms with Gasteiger partial charge in [-0.25, -0.2) is 4.79 Å². The molecule has 2 aromatic carbocycles. The zero-order valence-corrected chi connectivity index (χ0v) is 14.4. The van der Waals surface area contributed by atoms with Gasteiger partial charge in [-0.2, -0.15) is 13.2 Å². The number of halogens is 3. The van der Waals surface area contributed by atoms with Gasteiger partial charge in [0.1, 0.15) is 0 Å². The molecule has 0 bridgehead atoms. The van der Waals surface area contributed by atoms with Crippen molar-refractivity contribution >= 4 is 17.4 Å². The average Bonchev–Trinajstić information content (AvgIpc) is 2.63. The van der Waals surface area contributed by atoms with E-state index in [0.29, 0.717) is 26.2 Å². The van der Waals surface area contributed by atoms with Crippen LogP contribution >= 0.6 is 0 Å². The summed E-state index contributed by atoms with van der Waals surface area (Å²) in [6, 6.07) is 12.8. The third kappa shape index (κ3) is 3.92.